The van der Waals surface area contributed by atoms with Crippen molar-refractivity contribution in [3.63, 3.8) is 0 Å². The first-order chi connectivity index (χ1) is 16.9. The zero-order valence-corrected chi connectivity index (χ0v) is 19.7. The van der Waals surface area contributed by atoms with Crippen LogP contribution in [0.15, 0.2) is 47.6 Å². The molecule has 1 heterocycles. The fourth-order valence-electron chi connectivity index (χ4n) is 3.69. The summed E-state index contributed by atoms with van der Waals surface area (Å²) in [5.41, 5.74) is 1.43. The number of nitrogens with zero attached hydrogens (tertiary/aromatic N) is 2. The lowest BCUT2D eigenvalue weighted by atomic mass is 9.89. The van der Waals surface area contributed by atoms with Crippen LogP contribution in [0.5, 0.6) is 11.5 Å². The van der Waals surface area contributed by atoms with Gasteiger partial charge in [-0.25, -0.2) is 5.01 Å². The summed E-state index contributed by atoms with van der Waals surface area (Å²) < 4.78 is 74.6. The van der Waals surface area contributed by atoms with Crippen molar-refractivity contribution in [2.45, 2.75) is 38.4 Å². The van der Waals surface area contributed by atoms with Crippen LogP contribution in [0.3, 0.4) is 0 Å². The van der Waals surface area contributed by atoms with Crippen LogP contribution in [0, 0.1) is 5.92 Å². The Kier molecular flexibility index (Phi) is 7.85. The number of amides is 2. The van der Waals surface area contributed by atoms with Gasteiger partial charge in [-0.2, -0.15) is 27.1 Å². The molecule has 0 aliphatic carbocycles. The van der Waals surface area contributed by atoms with Gasteiger partial charge in [0, 0.05) is 23.6 Å². The van der Waals surface area contributed by atoms with Crippen LogP contribution in [0.2, 0.25) is 0 Å². The van der Waals surface area contributed by atoms with E-state index in [2.05, 4.69) is 5.10 Å². The molecule has 0 radical (unpaired) electrons. The molecule has 1 aliphatic heterocycles. The van der Waals surface area contributed by atoms with Crippen molar-refractivity contribution >= 4 is 23.2 Å². The molecule has 12 heteroatoms. The number of halogens is 5. The molecule has 36 heavy (non-hydrogen) atoms. The fraction of sp³-hybridized carbons (Fsp3) is 0.375. The molecule has 0 bridgehead atoms. The van der Waals surface area contributed by atoms with Crippen molar-refractivity contribution in [1.29, 1.82) is 0 Å². The van der Waals surface area contributed by atoms with Crippen LogP contribution in [0.1, 0.15) is 30.9 Å². The molecule has 2 aromatic carbocycles. The van der Waals surface area contributed by atoms with Crippen LogP contribution in [-0.4, -0.2) is 48.9 Å². The highest BCUT2D eigenvalue weighted by Crippen LogP contribution is 2.36. The Bertz CT molecular complexity index is 1170. The number of alkyl halides is 5. The second-order valence-corrected chi connectivity index (χ2v) is 8.04. The zero-order chi connectivity index (χ0) is 26.7. The summed E-state index contributed by atoms with van der Waals surface area (Å²) in [6.45, 7) is 1.83. The standard InChI is InChI=1S/C24H24F5N3O4/c1-4-15-12-20(33)32(31-21(15)16-8-9-18(35-2)19(11-16)36-3)13-14-6-5-7-17(10-14)30-22(34)23(25,26)24(27,28)29/h5-11,15H,4,12-13H2,1-3H3,(H,30,34). The van der Waals surface area contributed by atoms with E-state index >= 15 is 0 Å². The molecule has 3 rings (SSSR count). The van der Waals surface area contributed by atoms with Crippen LogP contribution in [0.4, 0.5) is 27.6 Å². The molecule has 1 N–H and O–H groups in total. The molecule has 0 saturated heterocycles. The average molecular weight is 513 g/mol. The van der Waals surface area contributed by atoms with Gasteiger partial charge in [0.15, 0.2) is 11.5 Å². The Morgan fingerprint density at radius 2 is 1.78 bits per heavy atom. The summed E-state index contributed by atoms with van der Waals surface area (Å²) >= 11 is 0. The lowest BCUT2D eigenvalue weighted by Crippen LogP contribution is -2.47. The van der Waals surface area contributed by atoms with Crippen LogP contribution < -0.4 is 14.8 Å². The number of hydrogen-bond donors (Lipinski definition) is 1. The molecule has 0 spiro atoms. The third-order valence-electron chi connectivity index (χ3n) is 5.65. The Hall–Kier alpha value is -3.70. The number of hydrazone groups is 1. The van der Waals surface area contributed by atoms with Gasteiger partial charge in [0.05, 0.1) is 26.5 Å². The van der Waals surface area contributed by atoms with Gasteiger partial charge in [0.1, 0.15) is 0 Å². The largest absolute Gasteiger partial charge is 0.493 e. The number of nitrogens with one attached hydrogen (secondary N) is 1. The maximum absolute atomic E-state index is 13.3. The highest BCUT2D eigenvalue weighted by Gasteiger charge is 2.63. The molecule has 0 saturated carbocycles. The molecule has 194 valence electrons. The summed E-state index contributed by atoms with van der Waals surface area (Å²) in [7, 11) is 3.00. The minimum atomic E-state index is -6.03. The van der Waals surface area contributed by atoms with Gasteiger partial charge in [-0.05, 0) is 42.3 Å². The third-order valence-corrected chi connectivity index (χ3v) is 5.65. The summed E-state index contributed by atoms with van der Waals surface area (Å²) in [6, 6.07) is 10.5. The van der Waals surface area contributed by atoms with E-state index in [0.717, 1.165) is 6.07 Å². The van der Waals surface area contributed by atoms with Gasteiger partial charge in [0.2, 0.25) is 5.91 Å². The Labute approximate surface area is 203 Å². The van der Waals surface area contributed by atoms with Crippen molar-refractivity contribution in [3.8, 4) is 11.5 Å². The molecular formula is C24H24F5N3O4. The Morgan fingerprint density at radius 1 is 1.08 bits per heavy atom. The number of hydrogen-bond acceptors (Lipinski definition) is 5. The summed E-state index contributed by atoms with van der Waals surface area (Å²) in [5.74, 6) is -7.50. The van der Waals surface area contributed by atoms with E-state index in [0.29, 0.717) is 34.8 Å². The second-order valence-electron chi connectivity index (χ2n) is 8.04. The van der Waals surface area contributed by atoms with Crippen LogP contribution in [-0.2, 0) is 16.1 Å². The minimum absolute atomic E-state index is 0.0918. The lowest BCUT2D eigenvalue weighted by Gasteiger charge is -2.29. The quantitative estimate of drug-likeness (QED) is 0.504. The number of carbonyl (C=O) groups is 2. The molecule has 2 aromatic rings. The van der Waals surface area contributed by atoms with E-state index < -0.39 is 18.0 Å². The number of methoxy groups -OCH3 is 2. The smallest absolute Gasteiger partial charge is 0.463 e. The Balaban J connectivity index is 1.87. The summed E-state index contributed by atoms with van der Waals surface area (Å²) in [6.07, 6.45) is -5.22. The first-order valence-electron chi connectivity index (χ1n) is 10.9. The van der Waals surface area contributed by atoms with Crippen molar-refractivity contribution in [3.05, 3.63) is 53.6 Å². The van der Waals surface area contributed by atoms with Gasteiger partial charge >= 0.3 is 18.0 Å². The molecule has 0 aromatic heterocycles. The van der Waals surface area contributed by atoms with Gasteiger partial charge in [-0.3, -0.25) is 9.59 Å². The number of carbonyl (C=O) groups excluding carboxylic acids is 2. The highest BCUT2D eigenvalue weighted by atomic mass is 19.4. The maximum Gasteiger partial charge on any atom is 0.463 e. The van der Waals surface area contributed by atoms with Crippen LogP contribution in [0.25, 0.3) is 0 Å². The Morgan fingerprint density at radius 3 is 2.39 bits per heavy atom. The van der Waals surface area contributed by atoms with Crippen molar-refractivity contribution in [2.24, 2.45) is 11.0 Å². The van der Waals surface area contributed by atoms with E-state index in [1.54, 1.807) is 23.5 Å². The van der Waals surface area contributed by atoms with E-state index in [9.17, 15) is 31.5 Å². The van der Waals surface area contributed by atoms with Crippen molar-refractivity contribution in [2.75, 3.05) is 19.5 Å². The van der Waals surface area contributed by atoms with E-state index in [1.165, 1.54) is 37.4 Å². The third kappa shape index (κ3) is 5.58. The SMILES string of the molecule is CCC1CC(=O)N(Cc2cccc(NC(=O)C(F)(F)C(F)(F)F)c2)N=C1c1ccc(OC)c(OC)c1. The second kappa shape index (κ2) is 10.5. The summed E-state index contributed by atoms with van der Waals surface area (Å²) in [5, 5.41) is 7.30. The first-order valence-corrected chi connectivity index (χ1v) is 10.9. The maximum atomic E-state index is 13.3. The van der Waals surface area contributed by atoms with Gasteiger partial charge < -0.3 is 14.8 Å². The predicted molar refractivity (Wildman–Crippen MR) is 121 cm³/mol. The minimum Gasteiger partial charge on any atom is -0.493 e. The fourth-order valence-corrected chi connectivity index (χ4v) is 3.69. The number of anilines is 1. The monoisotopic (exact) mass is 513 g/mol. The lowest BCUT2D eigenvalue weighted by molar-refractivity contribution is -0.267. The first kappa shape index (κ1) is 26.9. The van der Waals surface area contributed by atoms with Crippen LogP contribution >= 0.6 is 0 Å². The number of benzene rings is 2. The highest BCUT2D eigenvalue weighted by molar-refractivity contribution is 6.06. The van der Waals surface area contributed by atoms with Gasteiger partial charge in [-0.1, -0.05) is 19.1 Å². The van der Waals surface area contributed by atoms with Crippen molar-refractivity contribution in [1.82, 2.24) is 5.01 Å². The zero-order valence-electron chi connectivity index (χ0n) is 19.7. The van der Waals surface area contributed by atoms with E-state index in [-0.39, 0.29) is 30.5 Å². The molecule has 1 atom stereocenters. The molecule has 2 amide bonds. The predicted octanol–water partition coefficient (Wildman–Crippen LogP) is 5.00. The normalized spacial score (nSPS) is 16.4. The van der Waals surface area contributed by atoms with E-state index in [1.807, 2.05) is 6.92 Å². The molecule has 0 fully saturated rings. The topological polar surface area (TPSA) is 80.2 Å². The number of ether oxygens (including phenoxy) is 2. The van der Waals surface area contributed by atoms with Gasteiger partial charge in [0.25, 0.3) is 0 Å². The molecule has 1 aliphatic rings. The van der Waals surface area contributed by atoms with Gasteiger partial charge in [-0.15, -0.1) is 0 Å². The number of rotatable bonds is 8. The molecule has 7 nitrogen and oxygen atoms in total. The van der Waals surface area contributed by atoms with Crippen molar-refractivity contribution < 1.29 is 41.0 Å². The molecular weight excluding hydrogens is 489 g/mol. The molecule has 1 unspecified atom stereocenters. The van der Waals surface area contributed by atoms with E-state index in [4.69, 9.17) is 9.47 Å². The summed E-state index contributed by atoms with van der Waals surface area (Å²) in [4.78, 5) is 24.3. The average Bonchev–Trinajstić information content (AvgIpc) is 2.84.